The summed E-state index contributed by atoms with van der Waals surface area (Å²) in [5.41, 5.74) is 17.2. The maximum atomic E-state index is 14.0. The third-order valence-corrected chi connectivity index (χ3v) is 8.08. The molecule has 9 N–H and O–H groups in total. The minimum absolute atomic E-state index is 0.0411. The van der Waals surface area contributed by atoms with Crippen LogP contribution < -0.4 is 38.8 Å². The van der Waals surface area contributed by atoms with Crippen LogP contribution >= 0.6 is 0 Å². The summed E-state index contributed by atoms with van der Waals surface area (Å²) in [5.74, 6) is -4.72. The summed E-state index contributed by atoms with van der Waals surface area (Å²) in [4.78, 5) is 83.9. The molecular formula is C37H49N7O8. The number of anilines is 1. The number of amides is 3. The lowest BCUT2D eigenvalue weighted by atomic mass is 9.95. The minimum atomic E-state index is -1.23. The van der Waals surface area contributed by atoms with E-state index in [9.17, 15) is 28.8 Å². The van der Waals surface area contributed by atoms with Crippen molar-refractivity contribution in [2.75, 3.05) is 12.3 Å². The Labute approximate surface area is 302 Å². The fraction of sp³-hybridized carbons (Fsp3) is 0.432. The van der Waals surface area contributed by atoms with E-state index in [2.05, 4.69) is 20.9 Å². The fourth-order valence-electron chi connectivity index (χ4n) is 5.56. The van der Waals surface area contributed by atoms with Gasteiger partial charge in [0.05, 0.1) is 6.04 Å². The molecule has 1 heterocycles. The van der Waals surface area contributed by atoms with Crippen molar-refractivity contribution >= 4 is 52.1 Å². The Balaban J connectivity index is 1.84. The molecule has 3 atom stereocenters. The van der Waals surface area contributed by atoms with Crippen LogP contribution in [0, 0.1) is 18.8 Å². The van der Waals surface area contributed by atoms with E-state index >= 15 is 0 Å². The van der Waals surface area contributed by atoms with Crippen LogP contribution in [-0.4, -0.2) is 60.1 Å². The van der Waals surface area contributed by atoms with Gasteiger partial charge in [-0.25, -0.2) is 9.59 Å². The summed E-state index contributed by atoms with van der Waals surface area (Å²) in [5, 5.41) is 8.35. The largest absolute Gasteiger partial charge is 0.454 e. The molecule has 2 aromatic carbocycles. The Morgan fingerprint density at radius 2 is 1.44 bits per heavy atom. The highest BCUT2D eigenvalue weighted by atomic mass is 16.5. The molecule has 0 aliphatic rings. The van der Waals surface area contributed by atoms with E-state index in [4.69, 9.17) is 26.4 Å². The lowest BCUT2D eigenvalue weighted by molar-refractivity contribution is -0.156. The van der Waals surface area contributed by atoms with E-state index in [1.54, 1.807) is 49.4 Å². The molecule has 0 bridgehead atoms. The van der Waals surface area contributed by atoms with Gasteiger partial charge in [0.2, 0.25) is 11.8 Å². The lowest BCUT2D eigenvalue weighted by Crippen LogP contribution is -2.57. The van der Waals surface area contributed by atoms with Gasteiger partial charge >= 0.3 is 17.5 Å². The second kappa shape index (κ2) is 19.0. The Morgan fingerprint density at radius 1 is 0.846 bits per heavy atom. The average Bonchev–Trinajstić information content (AvgIpc) is 3.07. The Morgan fingerprint density at radius 3 is 2.04 bits per heavy atom. The van der Waals surface area contributed by atoms with Crippen LogP contribution in [0.4, 0.5) is 5.69 Å². The monoisotopic (exact) mass is 719 g/mol. The zero-order chi connectivity index (χ0) is 38.5. The Hall–Kier alpha value is -5.73. The molecule has 0 aliphatic heterocycles. The number of nitrogens with one attached hydrogen (secondary N) is 3. The number of carbonyl (C=O) groups excluding carboxylic acids is 5. The van der Waals surface area contributed by atoms with Crippen molar-refractivity contribution in [3.05, 3.63) is 75.6 Å². The number of nitrogens with two attached hydrogens (primary N) is 3. The molecule has 15 heteroatoms. The number of Topliss-reactive ketones (excluding diaryl/α,β-unsaturated/α-hetero) is 1. The maximum absolute atomic E-state index is 14.0. The summed E-state index contributed by atoms with van der Waals surface area (Å²) in [7, 11) is 0. The summed E-state index contributed by atoms with van der Waals surface area (Å²) in [6, 6.07) is 9.94. The molecule has 0 spiro atoms. The number of nitrogens with zero attached hydrogens (tertiary/aromatic N) is 1. The topological polar surface area (TPSA) is 251 Å². The van der Waals surface area contributed by atoms with Gasteiger partial charge in [-0.05, 0) is 67.7 Å². The molecule has 0 fully saturated rings. The Kier molecular flexibility index (Phi) is 14.9. The van der Waals surface area contributed by atoms with Gasteiger partial charge in [-0.1, -0.05) is 58.0 Å². The highest BCUT2D eigenvalue weighted by Crippen LogP contribution is 2.23. The number of ketones is 1. The number of fused-ring (bicyclic) bond motifs is 1. The SMILES string of the molecule is Cc1c(C(=O)[C@H](CCCN=C(N)N)NC(=O)[C@H](CC(C)C)NC(=O)[C@H](CC(C)C)NC(=O)C(=O)OCc2ccccc2)c(=O)oc2cc(N)ccc12. The van der Waals surface area contributed by atoms with Crippen LogP contribution in [0.2, 0.25) is 0 Å². The molecule has 52 heavy (non-hydrogen) atoms. The number of esters is 1. The van der Waals surface area contributed by atoms with Crippen LogP contribution in [0.25, 0.3) is 11.0 Å². The van der Waals surface area contributed by atoms with Gasteiger partial charge in [0.15, 0.2) is 11.7 Å². The number of nitrogen functional groups attached to an aromatic ring is 1. The van der Waals surface area contributed by atoms with Gasteiger partial charge in [0.1, 0.15) is 29.8 Å². The van der Waals surface area contributed by atoms with E-state index in [1.807, 2.05) is 27.7 Å². The van der Waals surface area contributed by atoms with Gasteiger partial charge in [-0.3, -0.25) is 24.2 Å². The fourth-order valence-corrected chi connectivity index (χ4v) is 5.56. The quantitative estimate of drug-likeness (QED) is 0.0172. The van der Waals surface area contributed by atoms with E-state index < -0.39 is 53.2 Å². The first-order valence-corrected chi connectivity index (χ1v) is 17.1. The van der Waals surface area contributed by atoms with Crippen molar-refractivity contribution in [3.63, 3.8) is 0 Å². The van der Waals surface area contributed by atoms with Gasteiger partial charge < -0.3 is 42.3 Å². The normalized spacial score (nSPS) is 12.8. The second-order valence-electron chi connectivity index (χ2n) is 13.4. The van der Waals surface area contributed by atoms with Gasteiger partial charge in [0.25, 0.3) is 0 Å². The minimum Gasteiger partial charge on any atom is -0.454 e. The summed E-state index contributed by atoms with van der Waals surface area (Å²) >= 11 is 0. The smallest absolute Gasteiger partial charge is 0.397 e. The molecule has 0 aliphatic carbocycles. The molecule has 0 saturated heterocycles. The van der Waals surface area contributed by atoms with Crippen molar-refractivity contribution in [2.45, 2.75) is 85.0 Å². The van der Waals surface area contributed by atoms with E-state index in [0.717, 1.165) is 0 Å². The zero-order valence-corrected chi connectivity index (χ0v) is 30.2. The van der Waals surface area contributed by atoms with Crippen molar-refractivity contribution < 1.29 is 33.1 Å². The first-order valence-electron chi connectivity index (χ1n) is 17.1. The predicted octanol–water partition coefficient (Wildman–Crippen LogP) is 2.21. The molecule has 3 aromatic rings. The van der Waals surface area contributed by atoms with Crippen LogP contribution in [0.15, 0.2) is 62.7 Å². The number of benzene rings is 2. The van der Waals surface area contributed by atoms with Crippen LogP contribution in [0.5, 0.6) is 0 Å². The number of hydrogen-bond donors (Lipinski definition) is 6. The van der Waals surface area contributed by atoms with E-state index in [1.165, 1.54) is 6.07 Å². The number of aliphatic imine (C=N–C) groups is 1. The summed E-state index contributed by atoms with van der Waals surface area (Å²) in [6.45, 7) is 8.96. The predicted molar refractivity (Wildman–Crippen MR) is 197 cm³/mol. The van der Waals surface area contributed by atoms with Crippen molar-refractivity contribution in [3.8, 4) is 0 Å². The maximum Gasteiger partial charge on any atom is 0.397 e. The highest BCUT2D eigenvalue weighted by molar-refractivity contribution is 6.32. The third-order valence-electron chi connectivity index (χ3n) is 8.08. The molecule has 1 aromatic heterocycles. The molecular weight excluding hydrogens is 670 g/mol. The number of guanidine groups is 1. The molecule has 280 valence electrons. The number of carbonyl (C=O) groups is 5. The number of aryl methyl sites for hydroxylation is 1. The highest BCUT2D eigenvalue weighted by Gasteiger charge is 2.33. The van der Waals surface area contributed by atoms with Gasteiger partial charge in [-0.15, -0.1) is 0 Å². The first kappa shape index (κ1) is 40.7. The molecule has 15 nitrogen and oxygen atoms in total. The molecule has 0 unspecified atom stereocenters. The molecule has 3 rings (SSSR count). The number of ether oxygens (including phenoxy) is 1. The van der Waals surface area contributed by atoms with E-state index in [-0.39, 0.29) is 67.8 Å². The number of hydrogen-bond acceptors (Lipinski definition) is 10. The van der Waals surface area contributed by atoms with Crippen molar-refractivity contribution in [1.82, 2.24) is 16.0 Å². The van der Waals surface area contributed by atoms with Crippen molar-refractivity contribution in [1.29, 1.82) is 0 Å². The number of rotatable bonds is 17. The lowest BCUT2D eigenvalue weighted by Gasteiger charge is -2.26. The van der Waals surface area contributed by atoms with Gasteiger partial charge in [0, 0.05) is 23.7 Å². The summed E-state index contributed by atoms with van der Waals surface area (Å²) in [6.07, 6.45) is 0.604. The second-order valence-corrected chi connectivity index (χ2v) is 13.4. The van der Waals surface area contributed by atoms with Gasteiger partial charge in [-0.2, -0.15) is 0 Å². The summed E-state index contributed by atoms with van der Waals surface area (Å²) < 4.78 is 10.6. The van der Waals surface area contributed by atoms with Crippen molar-refractivity contribution in [2.24, 2.45) is 28.3 Å². The zero-order valence-electron chi connectivity index (χ0n) is 30.2. The van der Waals surface area contributed by atoms with Crippen LogP contribution in [0.3, 0.4) is 0 Å². The third kappa shape index (κ3) is 12.0. The first-order chi connectivity index (χ1) is 24.6. The molecule has 0 saturated carbocycles. The molecule has 3 amide bonds. The standard InChI is InChI=1S/C37H49N7O8/c1-20(2)16-27(43-33(47)28(17-21(3)4)44-34(48)36(50)51-19-23-10-7-6-8-11-23)32(46)42-26(12-9-15-41-37(39)40)31(45)30-22(5)25-14-13-24(38)18-29(25)52-35(30)49/h6-8,10-11,13-14,18,20-21,26-28H,9,12,15-17,19,38H2,1-5H3,(H,42,46)(H,43,47)(H,44,48)(H4,39,40,41)/t26-,27-,28-/m0/s1. The Bertz CT molecular complexity index is 1830. The molecule has 0 radical (unpaired) electrons. The van der Waals surface area contributed by atoms with Crippen LogP contribution in [-0.2, 0) is 30.5 Å². The van der Waals surface area contributed by atoms with Crippen LogP contribution in [0.1, 0.15) is 74.9 Å². The average molecular weight is 720 g/mol. The van der Waals surface area contributed by atoms with E-state index in [0.29, 0.717) is 22.2 Å².